The fourth-order valence-electron chi connectivity index (χ4n) is 2.13. The van der Waals surface area contributed by atoms with E-state index in [1.54, 1.807) is 0 Å². The summed E-state index contributed by atoms with van der Waals surface area (Å²) < 4.78 is 0. The zero-order valence-electron chi connectivity index (χ0n) is 10.7. The summed E-state index contributed by atoms with van der Waals surface area (Å²) in [4.78, 5) is 11.7. The van der Waals surface area contributed by atoms with Crippen molar-refractivity contribution in [3.05, 3.63) is 11.8 Å². The third-order valence-electron chi connectivity index (χ3n) is 3.34. The normalized spacial score (nSPS) is 18.5. The highest BCUT2D eigenvalue weighted by Crippen LogP contribution is 2.17. The van der Waals surface area contributed by atoms with Crippen molar-refractivity contribution >= 4 is 5.78 Å². The Balaban J connectivity index is 2.28. The average molecular weight is 223 g/mol. The number of carbonyl (C=O) groups is 1. The van der Waals surface area contributed by atoms with E-state index in [0.717, 1.165) is 18.4 Å². The molecule has 1 aliphatic carbocycles. The highest BCUT2D eigenvalue weighted by Gasteiger charge is 2.11. The first kappa shape index (κ1) is 13.3. The van der Waals surface area contributed by atoms with Gasteiger partial charge in [0.05, 0.1) is 0 Å². The Kier molecular flexibility index (Phi) is 6.20. The summed E-state index contributed by atoms with van der Waals surface area (Å²) in [5.41, 5.74) is 0.888. The van der Waals surface area contributed by atoms with Crippen molar-refractivity contribution in [3.63, 3.8) is 0 Å². The van der Waals surface area contributed by atoms with E-state index in [4.69, 9.17) is 0 Å². The van der Waals surface area contributed by atoms with Gasteiger partial charge in [-0.3, -0.25) is 4.79 Å². The Labute approximate surface area is 99.5 Å². The largest absolute Gasteiger partial charge is 0.388 e. The maximum atomic E-state index is 11.7. The molecule has 1 saturated carbocycles. The third-order valence-corrected chi connectivity index (χ3v) is 3.34. The molecule has 2 nitrogen and oxygen atoms in total. The van der Waals surface area contributed by atoms with E-state index in [2.05, 4.69) is 12.2 Å². The van der Waals surface area contributed by atoms with Crippen LogP contribution >= 0.6 is 0 Å². The Morgan fingerprint density at radius 3 is 2.62 bits per heavy atom. The lowest BCUT2D eigenvalue weighted by atomic mass is 9.95. The van der Waals surface area contributed by atoms with Crippen molar-refractivity contribution in [2.24, 2.45) is 0 Å². The van der Waals surface area contributed by atoms with Gasteiger partial charge < -0.3 is 5.32 Å². The van der Waals surface area contributed by atoms with E-state index in [9.17, 15) is 4.79 Å². The van der Waals surface area contributed by atoms with Gasteiger partial charge in [-0.05, 0) is 26.2 Å². The summed E-state index contributed by atoms with van der Waals surface area (Å²) in [6.07, 6.45) is 11.3. The molecule has 0 heterocycles. The van der Waals surface area contributed by atoms with Crippen LogP contribution in [0.1, 0.15) is 65.2 Å². The van der Waals surface area contributed by atoms with Crippen molar-refractivity contribution in [3.8, 4) is 0 Å². The van der Waals surface area contributed by atoms with Gasteiger partial charge in [-0.15, -0.1) is 0 Å². The maximum absolute atomic E-state index is 11.7. The molecule has 0 aromatic heterocycles. The Hall–Kier alpha value is -0.790. The SMILES string of the molecule is CCCCC(=O)C(C)=CNC1CCCCC1. The lowest BCUT2D eigenvalue weighted by Crippen LogP contribution is -2.27. The van der Waals surface area contributed by atoms with E-state index in [1.165, 1.54) is 32.1 Å². The summed E-state index contributed by atoms with van der Waals surface area (Å²) >= 11 is 0. The van der Waals surface area contributed by atoms with Crippen LogP contribution in [0.5, 0.6) is 0 Å². The van der Waals surface area contributed by atoms with Gasteiger partial charge in [0.15, 0.2) is 5.78 Å². The van der Waals surface area contributed by atoms with E-state index in [0.29, 0.717) is 18.2 Å². The lowest BCUT2D eigenvalue weighted by molar-refractivity contribution is -0.115. The summed E-state index contributed by atoms with van der Waals surface area (Å²) in [5, 5.41) is 3.40. The fourth-order valence-corrected chi connectivity index (χ4v) is 2.13. The number of ketones is 1. The van der Waals surface area contributed by atoms with Crippen molar-refractivity contribution in [2.75, 3.05) is 0 Å². The van der Waals surface area contributed by atoms with E-state index < -0.39 is 0 Å². The summed E-state index contributed by atoms with van der Waals surface area (Å²) in [5.74, 6) is 0.296. The van der Waals surface area contributed by atoms with Crippen LogP contribution in [-0.2, 0) is 4.79 Å². The number of carbonyl (C=O) groups excluding carboxylic acids is 1. The number of unbranched alkanes of at least 4 members (excludes halogenated alkanes) is 1. The molecule has 0 radical (unpaired) electrons. The molecule has 0 atom stereocenters. The third kappa shape index (κ3) is 4.82. The number of nitrogens with one attached hydrogen (secondary N) is 1. The lowest BCUT2D eigenvalue weighted by Gasteiger charge is -2.22. The summed E-state index contributed by atoms with van der Waals surface area (Å²) in [7, 11) is 0. The van der Waals surface area contributed by atoms with E-state index in [1.807, 2.05) is 13.1 Å². The molecular weight excluding hydrogens is 198 g/mol. The second-order valence-electron chi connectivity index (χ2n) is 4.86. The maximum Gasteiger partial charge on any atom is 0.160 e. The van der Waals surface area contributed by atoms with Crippen LogP contribution in [0.4, 0.5) is 0 Å². The molecule has 2 heteroatoms. The molecule has 0 aromatic rings. The predicted molar refractivity (Wildman–Crippen MR) is 68.3 cm³/mol. The van der Waals surface area contributed by atoms with Gasteiger partial charge in [0, 0.05) is 24.2 Å². The molecule has 1 N–H and O–H groups in total. The van der Waals surface area contributed by atoms with Crippen molar-refractivity contribution in [1.82, 2.24) is 5.32 Å². The second-order valence-corrected chi connectivity index (χ2v) is 4.86. The first-order valence-corrected chi connectivity index (χ1v) is 6.70. The van der Waals surface area contributed by atoms with Crippen LogP contribution in [-0.4, -0.2) is 11.8 Å². The molecule has 16 heavy (non-hydrogen) atoms. The van der Waals surface area contributed by atoms with Crippen molar-refractivity contribution in [2.45, 2.75) is 71.3 Å². The predicted octanol–water partition coefficient (Wildman–Crippen LogP) is 3.57. The Morgan fingerprint density at radius 1 is 1.31 bits per heavy atom. The van der Waals surface area contributed by atoms with Crippen LogP contribution in [0.15, 0.2) is 11.8 Å². The van der Waals surface area contributed by atoms with Gasteiger partial charge in [-0.25, -0.2) is 0 Å². The zero-order valence-corrected chi connectivity index (χ0v) is 10.7. The first-order valence-electron chi connectivity index (χ1n) is 6.70. The van der Waals surface area contributed by atoms with Crippen LogP contribution < -0.4 is 5.32 Å². The van der Waals surface area contributed by atoms with Crippen LogP contribution in [0.25, 0.3) is 0 Å². The molecule has 0 spiro atoms. The molecule has 1 aliphatic rings. The second kappa shape index (κ2) is 7.48. The Morgan fingerprint density at radius 2 is 2.00 bits per heavy atom. The number of hydrogen-bond acceptors (Lipinski definition) is 2. The molecule has 1 rings (SSSR count). The highest BCUT2D eigenvalue weighted by molar-refractivity contribution is 5.94. The minimum absolute atomic E-state index is 0.296. The van der Waals surface area contributed by atoms with Gasteiger partial charge >= 0.3 is 0 Å². The highest BCUT2D eigenvalue weighted by atomic mass is 16.1. The minimum Gasteiger partial charge on any atom is -0.388 e. The van der Waals surface area contributed by atoms with E-state index >= 15 is 0 Å². The van der Waals surface area contributed by atoms with E-state index in [-0.39, 0.29) is 0 Å². The summed E-state index contributed by atoms with van der Waals surface area (Å²) in [6.45, 7) is 4.04. The molecule has 0 saturated heterocycles. The zero-order chi connectivity index (χ0) is 11.8. The van der Waals surface area contributed by atoms with Crippen molar-refractivity contribution < 1.29 is 4.79 Å². The number of allylic oxidation sites excluding steroid dienone is 1. The molecule has 0 bridgehead atoms. The van der Waals surface area contributed by atoms with Crippen LogP contribution in [0.3, 0.4) is 0 Å². The molecule has 0 unspecified atom stereocenters. The molecule has 0 aliphatic heterocycles. The quantitative estimate of drug-likeness (QED) is 0.697. The minimum atomic E-state index is 0.296. The van der Waals surface area contributed by atoms with Gasteiger partial charge in [0.2, 0.25) is 0 Å². The summed E-state index contributed by atoms with van der Waals surface area (Å²) in [6, 6.07) is 0.600. The molecular formula is C14H25NO. The van der Waals surface area contributed by atoms with Crippen molar-refractivity contribution in [1.29, 1.82) is 0 Å². The van der Waals surface area contributed by atoms with Gasteiger partial charge in [-0.1, -0.05) is 32.6 Å². The number of rotatable bonds is 6. The number of hydrogen-bond donors (Lipinski definition) is 1. The molecule has 0 aromatic carbocycles. The monoisotopic (exact) mass is 223 g/mol. The molecule has 0 amide bonds. The smallest absolute Gasteiger partial charge is 0.160 e. The van der Waals surface area contributed by atoms with Gasteiger partial charge in [-0.2, -0.15) is 0 Å². The van der Waals surface area contributed by atoms with Crippen LogP contribution in [0, 0.1) is 0 Å². The standard InChI is InChI=1S/C14H25NO/c1-3-4-10-14(16)12(2)11-15-13-8-6-5-7-9-13/h11,13,15H,3-10H2,1-2H3. The van der Waals surface area contributed by atoms with Crippen LogP contribution in [0.2, 0.25) is 0 Å². The first-order chi connectivity index (χ1) is 7.74. The Bertz CT molecular complexity index is 239. The molecule has 1 fully saturated rings. The van der Waals surface area contributed by atoms with Gasteiger partial charge in [0.25, 0.3) is 0 Å². The molecule has 92 valence electrons. The van der Waals surface area contributed by atoms with Gasteiger partial charge in [0.1, 0.15) is 0 Å². The fraction of sp³-hybridized carbons (Fsp3) is 0.786. The topological polar surface area (TPSA) is 29.1 Å². The average Bonchev–Trinajstić information content (AvgIpc) is 2.34. The number of Topliss-reactive ketones (excluding diaryl/α,β-unsaturated/α-hetero) is 1.